The van der Waals surface area contributed by atoms with Gasteiger partial charge in [0, 0.05) is 29.4 Å². The normalized spacial score (nSPS) is 10.6. The number of hydrogen-bond acceptors (Lipinski definition) is 4. The minimum atomic E-state index is -0.374. The van der Waals surface area contributed by atoms with E-state index in [1.807, 2.05) is 18.2 Å². The van der Waals surface area contributed by atoms with E-state index in [1.54, 1.807) is 25.3 Å². The van der Waals surface area contributed by atoms with Crippen molar-refractivity contribution in [1.82, 2.24) is 10.3 Å². The molecule has 0 unspecified atom stereocenters. The number of carbonyl (C=O) groups excluding carboxylic acids is 1. The summed E-state index contributed by atoms with van der Waals surface area (Å²) in [5, 5.41) is 2.85. The molecule has 1 aromatic heterocycles. The number of halogens is 2. The minimum absolute atomic E-state index is 0.136. The fraction of sp³-hybridized carbons (Fsp3) is 0.200. The van der Waals surface area contributed by atoms with Crippen molar-refractivity contribution in [3.63, 3.8) is 0 Å². The lowest BCUT2D eigenvalue weighted by Crippen LogP contribution is -2.23. The Hall–Kier alpha value is -2.67. The molecule has 0 atom stereocenters. The third-order valence-corrected chi connectivity index (χ3v) is 4.47. The predicted molar refractivity (Wildman–Crippen MR) is 103 cm³/mol. The summed E-state index contributed by atoms with van der Waals surface area (Å²) in [4.78, 5) is 16.2. The van der Waals surface area contributed by atoms with E-state index in [0.717, 1.165) is 10.0 Å². The van der Waals surface area contributed by atoms with Gasteiger partial charge >= 0.3 is 0 Å². The maximum atomic E-state index is 13.8. The van der Waals surface area contributed by atoms with Crippen LogP contribution < -0.4 is 10.1 Å². The third kappa shape index (κ3) is 4.95. The fourth-order valence-corrected chi connectivity index (χ4v) is 3.01. The van der Waals surface area contributed by atoms with Gasteiger partial charge in [0.15, 0.2) is 11.7 Å². The molecule has 1 heterocycles. The maximum absolute atomic E-state index is 13.8. The molecule has 1 N–H and O–H groups in total. The van der Waals surface area contributed by atoms with Gasteiger partial charge in [-0.2, -0.15) is 0 Å². The maximum Gasteiger partial charge on any atom is 0.220 e. The van der Waals surface area contributed by atoms with Crippen LogP contribution in [0, 0.1) is 5.82 Å². The average molecular weight is 433 g/mol. The van der Waals surface area contributed by atoms with Crippen LogP contribution in [0.5, 0.6) is 5.75 Å². The molecule has 3 rings (SSSR count). The van der Waals surface area contributed by atoms with Crippen LogP contribution in [0.3, 0.4) is 0 Å². The Morgan fingerprint density at radius 2 is 2.11 bits per heavy atom. The molecule has 0 saturated heterocycles. The standard InChI is InChI=1S/C20H18BrFN2O3/c1-26-17-7-6-14(21)10-13(17)11-23-19(25)8-9-20-24-12-18(27-20)15-4-2-3-5-16(15)22/h2-7,10,12H,8-9,11H2,1H3,(H,23,25). The molecule has 0 radical (unpaired) electrons. The van der Waals surface area contributed by atoms with Crippen molar-refractivity contribution < 1.29 is 18.3 Å². The summed E-state index contributed by atoms with van der Waals surface area (Å²) < 4.78 is 25.5. The molecule has 3 aromatic rings. The molecule has 0 saturated carbocycles. The molecule has 0 aliphatic heterocycles. The number of nitrogens with zero attached hydrogens (tertiary/aromatic N) is 1. The Bertz CT molecular complexity index is 942. The number of hydrogen-bond donors (Lipinski definition) is 1. The van der Waals surface area contributed by atoms with Crippen molar-refractivity contribution in [2.45, 2.75) is 19.4 Å². The lowest BCUT2D eigenvalue weighted by molar-refractivity contribution is -0.121. The SMILES string of the molecule is COc1ccc(Br)cc1CNC(=O)CCc1ncc(-c2ccccc2F)o1. The van der Waals surface area contributed by atoms with E-state index in [9.17, 15) is 9.18 Å². The molecule has 5 nitrogen and oxygen atoms in total. The van der Waals surface area contributed by atoms with Crippen molar-refractivity contribution in [3.8, 4) is 17.1 Å². The van der Waals surface area contributed by atoms with E-state index in [1.165, 1.54) is 12.3 Å². The van der Waals surface area contributed by atoms with Crippen molar-refractivity contribution in [1.29, 1.82) is 0 Å². The van der Waals surface area contributed by atoms with Gasteiger partial charge in [0.25, 0.3) is 0 Å². The first-order chi connectivity index (χ1) is 13.1. The van der Waals surface area contributed by atoms with Crippen LogP contribution in [-0.4, -0.2) is 18.0 Å². The highest BCUT2D eigenvalue weighted by Gasteiger charge is 2.12. The summed E-state index contributed by atoms with van der Waals surface area (Å²) >= 11 is 3.40. The summed E-state index contributed by atoms with van der Waals surface area (Å²) in [6, 6.07) is 11.9. The first kappa shape index (κ1) is 19.1. The Kier molecular flexibility index (Phi) is 6.24. The van der Waals surface area contributed by atoms with Gasteiger partial charge in [0.2, 0.25) is 5.91 Å². The monoisotopic (exact) mass is 432 g/mol. The number of carbonyl (C=O) groups is 1. The summed E-state index contributed by atoms with van der Waals surface area (Å²) in [6.07, 6.45) is 2.02. The molecule has 140 valence electrons. The Morgan fingerprint density at radius 1 is 1.30 bits per heavy atom. The van der Waals surface area contributed by atoms with Gasteiger partial charge in [0.1, 0.15) is 11.6 Å². The zero-order valence-electron chi connectivity index (χ0n) is 14.7. The highest BCUT2D eigenvalue weighted by atomic mass is 79.9. The van der Waals surface area contributed by atoms with Crippen LogP contribution in [0.2, 0.25) is 0 Å². The number of aryl methyl sites for hydroxylation is 1. The van der Waals surface area contributed by atoms with E-state index in [-0.39, 0.29) is 18.1 Å². The predicted octanol–water partition coefficient (Wildman–Crippen LogP) is 4.50. The van der Waals surface area contributed by atoms with Crippen LogP contribution in [0.1, 0.15) is 17.9 Å². The highest BCUT2D eigenvalue weighted by molar-refractivity contribution is 9.10. The molecular formula is C20H18BrFN2O3. The highest BCUT2D eigenvalue weighted by Crippen LogP contribution is 2.24. The topological polar surface area (TPSA) is 64.4 Å². The Labute approximate surface area is 164 Å². The van der Waals surface area contributed by atoms with Crippen molar-refractivity contribution in [2.24, 2.45) is 0 Å². The van der Waals surface area contributed by atoms with Gasteiger partial charge in [0.05, 0.1) is 18.9 Å². The molecule has 0 bridgehead atoms. The van der Waals surface area contributed by atoms with Crippen molar-refractivity contribution in [3.05, 3.63) is 70.4 Å². The molecule has 1 amide bonds. The molecule has 27 heavy (non-hydrogen) atoms. The Morgan fingerprint density at radius 3 is 2.89 bits per heavy atom. The summed E-state index contributed by atoms with van der Waals surface area (Å²) in [5.41, 5.74) is 1.22. The van der Waals surface area contributed by atoms with Gasteiger partial charge in [-0.1, -0.05) is 28.1 Å². The summed E-state index contributed by atoms with van der Waals surface area (Å²) in [5.74, 6) is 0.940. The largest absolute Gasteiger partial charge is 0.496 e. The molecule has 7 heteroatoms. The smallest absolute Gasteiger partial charge is 0.220 e. The molecule has 0 spiro atoms. The quantitative estimate of drug-likeness (QED) is 0.596. The van der Waals surface area contributed by atoms with Gasteiger partial charge in [-0.3, -0.25) is 4.79 Å². The number of methoxy groups -OCH3 is 1. The van der Waals surface area contributed by atoms with Crippen LogP contribution in [-0.2, 0) is 17.8 Å². The van der Waals surface area contributed by atoms with E-state index >= 15 is 0 Å². The molecule has 0 aliphatic rings. The third-order valence-electron chi connectivity index (χ3n) is 3.98. The van der Waals surface area contributed by atoms with Gasteiger partial charge in [-0.05, 0) is 30.3 Å². The van der Waals surface area contributed by atoms with Gasteiger partial charge in [-0.25, -0.2) is 9.37 Å². The van der Waals surface area contributed by atoms with E-state index in [2.05, 4.69) is 26.2 Å². The average Bonchev–Trinajstić information content (AvgIpc) is 3.14. The zero-order chi connectivity index (χ0) is 19.2. The summed E-state index contributed by atoms with van der Waals surface area (Å²) in [6.45, 7) is 0.355. The number of aromatic nitrogens is 1. The Balaban J connectivity index is 1.54. The lowest BCUT2D eigenvalue weighted by atomic mass is 10.2. The fourth-order valence-electron chi connectivity index (χ4n) is 2.60. The number of ether oxygens (including phenoxy) is 1. The second kappa shape index (κ2) is 8.81. The van der Waals surface area contributed by atoms with Crippen LogP contribution in [0.15, 0.2) is 57.6 Å². The number of oxazole rings is 1. The first-order valence-electron chi connectivity index (χ1n) is 8.35. The molecular weight excluding hydrogens is 415 g/mol. The van der Waals surface area contributed by atoms with Crippen LogP contribution in [0.4, 0.5) is 4.39 Å². The number of nitrogens with one attached hydrogen (secondary N) is 1. The first-order valence-corrected chi connectivity index (χ1v) is 9.15. The van der Waals surface area contributed by atoms with E-state index in [0.29, 0.717) is 35.9 Å². The van der Waals surface area contributed by atoms with Gasteiger partial charge < -0.3 is 14.5 Å². The molecule has 0 aliphatic carbocycles. The molecule has 2 aromatic carbocycles. The van der Waals surface area contributed by atoms with Crippen molar-refractivity contribution in [2.75, 3.05) is 7.11 Å². The van der Waals surface area contributed by atoms with Gasteiger partial charge in [-0.15, -0.1) is 0 Å². The lowest BCUT2D eigenvalue weighted by Gasteiger charge is -2.10. The summed E-state index contributed by atoms with van der Waals surface area (Å²) in [7, 11) is 1.59. The minimum Gasteiger partial charge on any atom is -0.496 e. The van der Waals surface area contributed by atoms with Crippen LogP contribution >= 0.6 is 15.9 Å². The van der Waals surface area contributed by atoms with E-state index in [4.69, 9.17) is 9.15 Å². The second-order valence-corrected chi connectivity index (χ2v) is 6.75. The van der Waals surface area contributed by atoms with Crippen molar-refractivity contribution >= 4 is 21.8 Å². The number of benzene rings is 2. The van der Waals surface area contributed by atoms with Crippen LogP contribution in [0.25, 0.3) is 11.3 Å². The van der Waals surface area contributed by atoms with E-state index < -0.39 is 0 Å². The number of rotatable bonds is 7. The second-order valence-electron chi connectivity index (χ2n) is 5.83. The zero-order valence-corrected chi connectivity index (χ0v) is 16.3. The molecule has 0 fully saturated rings. The number of amides is 1.